The molecule has 0 radical (unpaired) electrons. The van der Waals surface area contributed by atoms with Gasteiger partial charge in [0.2, 0.25) is 0 Å². The van der Waals surface area contributed by atoms with Gasteiger partial charge >= 0.3 is 0 Å². The second kappa shape index (κ2) is 7.21. The summed E-state index contributed by atoms with van der Waals surface area (Å²) in [6, 6.07) is 1.02. The van der Waals surface area contributed by atoms with Crippen molar-refractivity contribution >= 4 is 0 Å². The Kier molecular flexibility index (Phi) is 5.84. The molecule has 1 aliphatic heterocycles. The van der Waals surface area contributed by atoms with Crippen LogP contribution in [-0.2, 0) is 4.74 Å². The summed E-state index contributed by atoms with van der Waals surface area (Å²) in [7, 11) is 0. The van der Waals surface area contributed by atoms with Crippen molar-refractivity contribution in [1.82, 2.24) is 10.2 Å². The maximum absolute atomic E-state index is 9.90. The minimum atomic E-state index is -0.0723. The first-order valence-electron chi connectivity index (χ1n) is 8.33. The SMILES string of the molecule is CCC1CN(C2CCCC(CO)(NC(C)C)C2)CCO1. The van der Waals surface area contributed by atoms with Crippen LogP contribution in [0.15, 0.2) is 0 Å². The molecule has 0 spiro atoms. The Balaban J connectivity index is 1.98. The fourth-order valence-electron chi connectivity index (χ4n) is 3.90. The van der Waals surface area contributed by atoms with Gasteiger partial charge in [0.15, 0.2) is 0 Å². The van der Waals surface area contributed by atoms with E-state index < -0.39 is 0 Å². The minimum Gasteiger partial charge on any atom is -0.394 e. The molecule has 0 aromatic heterocycles. The molecule has 2 rings (SSSR count). The monoisotopic (exact) mass is 284 g/mol. The molecule has 4 nitrogen and oxygen atoms in total. The van der Waals surface area contributed by atoms with Crippen molar-refractivity contribution in [2.45, 2.75) is 76.6 Å². The molecule has 3 unspecified atom stereocenters. The maximum Gasteiger partial charge on any atom is 0.0700 e. The molecule has 20 heavy (non-hydrogen) atoms. The molecule has 1 saturated carbocycles. The van der Waals surface area contributed by atoms with Crippen molar-refractivity contribution in [3.63, 3.8) is 0 Å². The van der Waals surface area contributed by atoms with Gasteiger partial charge in [0, 0.05) is 30.7 Å². The van der Waals surface area contributed by atoms with Crippen LogP contribution in [0.5, 0.6) is 0 Å². The lowest BCUT2D eigenvalue weighted by Gasteiger charge is -2.47. The van der Waals surface area contributed by atoms with Gasteiger partial charge in [0.1, 0.15) is 0 Å². The highest BCUT2D eigenvalue weighted by Crippen LogP contribution is 2.32. The summed E-state index contributed by atoms with van der Waals surface area (Å²) >= 11 is 0. The molecular weight excluding hydrogens is 252 g/mol. The van der Waals surface area contributed by atoms with Crippen LogP contribution >= 0.6 is 0 Å². The summed E-state index contributed by atoms with van der Waals surface area (Å²) in [5.41, 5.74) is -0.0723. The van der Waals surface area contributed by atoms with Crippen molar-refractivity contribution < 1.29 is 9.84 Å². The largest absolute Gasteiger partial charge is 0.394 e. The van der Waals surface area contributed by atoms with E-state index in [1.54, 1.807) is 0 Å². The van der Waals surface area contributed by atoms with E-state index >= 15 is 0 Å². The Bertz CT molecular complexity index is 298. The molecule has 1 aliphatic carbocycles. The fourth-order valence-corrected chi connectivity index (χ4v) is 3.90. The van der Waals surface area contributed by atoms with Crippen LogP contribution in [0.3, 0.4) is 0 Å². The summed E-state index contributed by atoms with van der Waals surface area (Å²) < 4.78 is 5.78. The van der Waals surface area contributed by atoms with Crippen molar-refractivity contribution in [1.29, 1.82) is 0 Å². The molecule has 0 amide bonds. The van der Waals surface area contributed by atoms with E-state index in [9.17, 15) is 5.11 Å². The normalized spacial score (nSPS) is 36.5. The van der Waals surface area contributed by atoms with Crippen LogP contribution < -0.4 is 5.32 Å². The zero-order valence-corrected chi connectivity index (χ0v) is 13.4. The van der Waals surface area contributed by atoms with Gasteiger partial charge in [-0.25, -0.2) is 0 Å². The minimum absolute atomic E-state index is 0.0723. The van der Waals surface area contributed by atoms with E-state index in [4.69, 9.17) is 4.74 Å². The highest BCUT2D eigenvalue weighted by atomic mass is 16.5. The van der Waals surface area contributed by atoms with Gasteiger partial charge in [0.25, 0.3) is 0 Å². The van der Waals surface area contributed by atoms with Gasteiger partial charge in [-0.1, -0.05) is 20.8 Å². The highest BCUT2D eigenvalue weighted by molar-refractivity contribution is 4.97. The van der Waals surface area contributed by atoms with E-state index in [0.29, 0.717) is 18.2 Å². The van der Waals surface area contributed by atoms with Crippen LogP contribution in [0.1, 0.15) is 52.9 Å². The van der Waals surface area contributed by atoms with E-state index in [0.717, 1.165) is 39.0 Å². The molecular formula is C16H32N2O2. The number of rotatable bonds is 5. The fraction of sp³-hybridized carbons (Fsp3) is 1.00. The number of morpholine rings is 1. The number of ether oxygens (including phenoxy) is 1. The number of nitrogens with one attached hydrogen (secondary N) is 1. The maximum atomic E-state index is 9.90. The molecule has 2 N–H and O–H groups in total. The van der Waals surface area contributed by atoms with Gasteiger partial charge < -0.3 is 15.2 Å². The second-order valence-electron chi connectivity index (χ2n) is 6.88. The lowest BCUT2D eigenvalue weighted by atomic mass is 9.78. The predicted octanol–water partition coefficient (Wildman–Crippen LogP) is 1.77. The summed E-state index contributed by atoms with van der Waals surface area (Å²) in [5, 5.41) is 13.5. The Morgan fingerprint density at radius 1 is 1.45 bits per heavy atom. The lowest BCUT2D eigenvalue weighted by molar-refractivity contribution is -0.0584. The lowest BCUT2D eigenvalue weighted by Crippen LogP contribution is -2.59. The van der Waals surface area contributed by atoms with Crippen molar-refractivity contribution in [3.05, 3.63) is 0 Å². The van der Waals surface area contributed by atoms with Gasteiger partial charge in [0.05, 0.1) is 19.3 Å². The van der Waals surface area contributed by atoms with Crippen LogP contribution in [-0.4, -0.2) is 60.0 Å². The summed E-state index contributed by atoms with van der Waals surface area (Å²) in [5.74, 6) is 0. The molecule has 0 aromatic rings. The Hall–Kier alpha value is -0.160. The van der Waals surface area contributed by atoms with E-state index in [1.165, 1.54) is 12.8 Å². The molecule has 0 bridgehead atoms. The Morgan fingerprint density at radius 2 is 2.25 bits per heavy atom. The van der Waals surface area contributed by atoms with Crippen LogP contribution in [0.2, 0.25) is 0 Å². The van der Waals surface area contributed by atoms with Crippen LogP contribution in [0.4, 0.5) is 0 Å². The number of nitrogens with zero attached hydrogens (tertiary/aromatic N) is 1. The molecule has 118 valence electrons. The number of aliphatic hydroxyl groups excluding tert-OH is 1. The third-order valence-corrected chi connectivity index (χ3v) is 4.86. The molecule has 2 fully saturated rings. The topological polar surface area (TPSA) is 44.7 Å². The third-order valence-electron chi connectivity index (χ3n) is 4.86. The molecule has 0 aromatic carbocycles. The standard InChI is InChI=1S/C16H32N2O2/c1-4-15-11-18(8-9-20-15)14-6-5-7-16(10-14,12-19)17-13(2)3/h13-15,17,19H,4-12H2,1-3H3. The average molecular weight is 284 g/mol. The van der Waals surface area contributed by atoms with E-state index in [-0.39, 0.29) is 12.1 Å². The Labute approximate surface area is 123 Å². The molecule has 2 aliphatic rings. The van der Waals surface area contributed by atoms with Gasteiger partial charge in [-0.15, -0.1) is 0 Å². The van der Waals surface area contributed by atoms with Crippen molar-refractivity contribution in [2.75, 3.05) is 26.3 Å². The third kappa shape index (κ3) is 3.94. The van der Waals surface area contributed by atoms with E-state index in [1.807, 2.05) is 0 Å². The Morgan fingerprint density at radius 3 is 2.90 bits per heavy atom. The predicted molar refractivity (Wildman–Crippen MR) is 81.9 cm³/mol. The van der Waals surface area contributed by atoms with Crippen LogP contribution in [0, 0.1) is 0 Å². The quantitative estimate of drug-likeness (QED) is 0.807. The second-order valence-corrected chi connectivity index (χ2v) is 6.88. The van der Waals surface area contributed by atoms with Gasteiger partial charge in [-0.05, 0) is 32.1 Å². The number of hydrogen-bond acceptors (Lipinski definition) is 4. The summed E-state index contributed by atoms with van der Waals surface area (Å²) in [4.78, 5) is 2.60. The molecule has 1 heterocycles. The zero-order chi connectivity index (χ0) is 14.6. The first kappa shape index (κ1) is 16.2. The van der Waals surface area contributed by atoms with E-state index in [2.05, 4.69) is 31.0 Å². The van der Waals surface area contributed by atoms with Gasteiger partial charge in [-0.3, -0.25) is 4.90 Å². The first-order valence-corrected chi connectivity index (χ1v) is 8.33. The highest BCUT2D eigenvalue weighted by Gasteiger charge is 2.39. The number of hydrogen-bond donors (Lipinski definition) is 2. The molecule has 3 atom stereocenters. The van der Waals surface area contributed by atoms with Crippen molar-refractivity contribution in [3.8, 4) is 0 Å². The molecule has 4 heteroatoms. The van der Waals surface area contributed by atoms with Crippen LogP contribution in [0.25, 0.3) is 0 Å². The smallest absolute Gasteiger partial charge is 0.0700 e. The van der Waals surface area contributed by atoms with Gasteiger partial charge in [-0.2, -0.15) is 0 Å². The van der Waals surface area contributed by atoms with Crippen molar-refractivity contribution in [2.24, 2.45) is 0 Å². The zero-order valence-electron chi connectivity index (χ0n) is 13.4. The average Bonchev–Trinajstić information content (AvgIpc) is 2.47. The summed E-state index contributed by atoms with van der Waals surface area (Å²) in [6.07, 6.45) is 6.13. The summed E-state index contributed by atoms with van der Waals surface area (Å²) in [6.45, 7) is 9.76. The first-order chi connectivity index (χ1) is 9.58. The number of aliphatic hydroxyl groups is 1. The molecule has 1 saturated heterocycles.